The number of nitrogens with zero attached hydrogens (tertiary/aromatic N) is 2. The zero-order valence-corrected chi connectivity index (χ0v) is 12.3. The van der Waals surface area contributed by atoms with E-state index in [1.165, 1.54) is 16.2 Å². The molecule has 1 atom stereocenters. The van der Waals surface area contributed by atoms with Crippen LogP contribution in [0.5, 0.6) is 0 Å². The summed E-state index contributed by atoms with van der Waals surface area (Å²) in [5.41, 5.74) is 5.70. The van der Waals surface area contributed by atoms with Crippen molar-refractivity contribution in [2.75, 3.05) is 36.7 Å². The highest BCUT2D eigenvalue weighted by Crippen LogP contribution is 2.27. The summed E-state index contributed by atoms with van der Waals surface area (Å²) in [4.78, 5) is 18.1. The Kier molecular flexibility index (Phi) is 3.68. The van der Waals surface area contributed by atoms with Crippen LogP contribution in [0.2, 0.25) is 0 Å². The van der Waals surface area contributed by atoms with Crippen molar-refractivity contribution >= 4 is 38.0 Å². The van der Waals surface area contributed by atoms with E-state index in [1.54, 1.807) is 14.1 Å². The average molecular weight is 304 g/mol. The molecule has 1 aromatic rings. The van der Waals surface area contributed by atoms with Crippen LogP contribution in [-0.2, 0) is 9.84 Å². The molecule has 0 aliphatic carbocycles. The highest BCUT2D eigenvalue weighted by Gasteiger charge is 2.34. The van der Waals surface area contributed by atoms with Gasteiger partial charge in [0.15, 0.2) is 15.0 Å². The first-order valence-electron chi connectivity index (χ1n) is 5.75. The molecule has 1 fully saturated rings. The average Bonchev–Trinajstić information content (AvgIpc) is 2.90. The topological polar surface area (TPSA) is 105 Å². The number of nitrogens with one attached hydrogen (secondary N) is 1. The van der Waals surface area contributed by atoms with Crippen molar-refractivity contribution in [3.05, 3.63) is 4.88 Å². The van der Waals surface area contributed by atoms with E-state index in [0.717, 1.165) is 0 Å². The van der Waals surface area contributed by atoms with Crippen LogP contribution in [0.1, 0.15) is 16.1 Å². The van der Waals surface area contributed by atoms with Gasteiger partial charge < -0.3 is 16.0 Å². The number of nitrogens with two attached hydrogens (primary N) is 1. The second-order valence-corrected chi connectivity index (χ2v) is 7.68. The summed E-state index contributed by atoms with van der Waals surface area (Å²) in [6.45, 7) is 0. The fraction of sp³-hybridized carbons (Fsp3) is 0.600. The third-order valence-corrected chi connectivity index (χ3v) is 5.96. The maximum Gasteiger partial charge on any atom is 0.267 e. The molecule has 1 amide bonds. The van der Waals surface area contributed by atoms with E-state index in [2.05, 4.69) is 10.3 Å². The fourth-order valence-electron chi connectivity index (χ4n) is 2.00. The molecule has 7 nitrogen and oxygen atoms in total. The van der Waals surface area contributed by atoms with Crippen LogP contribution in [-0.4, -0.2) is 55.9 Å². The summed E-state index contributed by atoms with van der Waals surface area (Å²) in [6, 6.07) is -0.281. The van der Waals surface area contributed by atoms with Gasteiger partial charge in [0.25, 0.3) is 5.91 Å². The molecule has 9 heteroatoms. The van der Waals surface area contributed by atoms with Gasteiger partial charge >= 0.3 is 0 Å². The lowest BCUT2D eigenvalue weighted by Crippen LogP contribution is -2.37. The number of amides is 1. The Balaban J connectivity index is 2.17. The number of carbonyl (C=O) groups excluding carboxylic acids is 1. The Morgan fingerprint density at radius 3 is 2.74 bits per heavy atom. The summed E-state index contributed by atoms with van der Waals surface area (Å²) in [7, 11) is 0.282. The minimum absolute atomic E-state index is 0.0207. The summed E-state index contributed by atoms with van der Waals surface area (Å²) in [5.74, 6) is 0.0489. The molecule has 1 unspecified atom stereocenters. The molecule has 2 rings (SSSR count). The molecule has 19 heavy (non-hydrogen) atoms. The Hall–Kier alpha value is -1.35. The van der Waals surface area contributed by atoms with E-state index in [9.17, 15) is 13.2 Å². The maximum absolute atomic E-state index is 12.3. The third-order valence-electron chi connectivity index (χ3n) is 3.14. The molecule has 1 aliphatic heterocycles. The van der Waals surface area contributed by atoms with E-state index in [-0.39, 0.29) is 29.3 Å². The van der Waals surface area contributed by atoms with Crippen molar-refractivity contribution in [1.29, 1.82) is 0 Å². The summed E-state index contributed by atoms with van der Waals surface area (Å²) >= 11 is 1.17. The number of aromatic nitrogens is 1. The van der Waals surface area contributed by atoms with Crippen LogP contribution >= 0.6 is 11.3 Å². The molecule has 1 saturated heterocycles. The number of anilines is 2. The van der Waals surface area contributed by atoms with Gasteiger partial charge in [-0.1, -0.05) is 11.3 Å². The number of thiazole rings is 1. The molecule has 0 spiro atoms. The Morgan fingerprint density at radius 2 is 2.26 bits per heavy atom. The number of hydrogen-bond acceptors (Lipinski definition) is 7. The van der Waals surface area contributed by atoms with Gasteiger partial charge in [-0.2, -0.15) is 0 Å². The Bertz CT molecular complexity index is 596. The zero-order valence-electron chi connectivity index (χ0n) is 10.7. The molecule has 106 valence electrons. The Labute approximate surface area is 115 Å². The van der Waals surface area contributed by atoms with Crippen LogP contribution in [0, 0.1) is 0 Å². The minimum Gasteiger partial charge on any atom is -0.382 e. The number of nitrogen functional groups attached to an aromatic ring is 1. The number of carbonyl (C=O) groups is 1. The predicted octanol–water partition coefficient (Wildman–Crippen LogP) is 0.0261. The van der Waals surface area contributed by atoms with Crippen molar-refractivity contribution in [2.45, 2.75) is 12.5 Å². The van der Waals surface area contributed by atoms with E-state index < -0.39 is 9.84 Å². The molecule has 1 aliphatic rings. The third kappa shape index (κ3) is 2.81. The highest BCUT2D eigenvalue weighted by molar-refractivity contribution is 7.91. The monoisotopic (exact) mass is 304 g/mol. The van der Waals surface area contributed by atoms with Crippen molar-refractivity contribution in [1.82, 2.24) is 9.88 Å². The van der Waals surface area contributed by atoms with E-state index in [1.807, 2.05) is 0 Å². The van der Waals surface area contributed by atoms with Gasteiger partial charge in [0, 0.05) is 20.1 Å². The van der Waals surface area contributed by atoms with Gasteiger partial charge in [-0.15, -0.1) is 0 Å². The van der Waals surface area contributed by atoms with Crippen molar-refractivity contribution in [3.8, 4) is 0 Å². The lowest BCUT2D eigenvalue weighted by atomic mass is 10.2. The molecule has 0 radical (unpaired) electrons. The van der Waals surface area contributed by atoms with Gasteiger partial charge in [0.05, 0.1) is 11.5 Å². The van der Waals surface area contributed by atoms with Crippen LogP contribution in [0.25, 0.3) is 0 Å². The minimum atomic E-state index is -3.02. The Morgan fingerprint density at radius 1 is 1.58 bits per heavy atom. The van der Waals surface area contributed by atoms with Gasteiger partial charge in [-0.3, -0.25) is 4.79 Å². The van der Waals surface area contributed by atoms with E-state index in [0.29, 0.717) is 16.4 Å². The zero-order chi connectivity index (χ0) is 14.2. The normalized spacial score (nSPS) is 21.3. The van der Waals surface area contributed by atoms with Gasteiger partial charge in [0.1, 0.15) is 10.7 Å². The second-order valence-electron chi connectivity index (χ2n) is 4.46. The molecule has 3 N–H and O–H groups in total. The summed E-state index contributed by atoms with van der Waals surface area (Å²) in [5, 5.41) is 3.39. The van der Waals surface area contributed by atoms with Crippen LogP contribution in [0.3, 0.4) is 0 Å². The standard InChI is InChI=1S/C10H16N4O3S2/c1-12-10-13-8(11)7(18-10)9(15)14(2)6-3-4-19(16,17)5-6/h6H,3-5,11H2,1-2H3,(H,12,13). The molecule has 0 bridgehead atoms. The van der Waals surface area contributed by atoms with Crippen LogP contribution < -0.4 is 11.1 Å². The van der Waals surface area contributed by atoms with Crippen molar-refractivity contribution in [2.24, 2.45) is 0 Å². The number of sulfone groups is 1. The van der Waals surface area contributed by atoms with Gasteiger partial charge in [0.2, 0.25) is 0 Å². The van der Waals surface area contributed by atoms with Gasteiger partial charge in [-0.25, -0.2) is 13.4 Å². The summed E-state index contributed by atoms with van der Waals surface area (Å²) < 4.78 is 22.9. The molecule has 1 aromatic heterocycles. The van der Waals surface area contributed by atoms with Crippen LogP contribution in [0.4, 0.5) is 10.9 Å². The quantitative estimate of drug-likeness (QED) is 0.816. The molecule has 0 aromatic carbocycles. The van der Waals surface area contributed by atoms with Crippen LogP contribution in [0.15, 0.2) is 0 Å². The first-order valence-corrected chi connectivity index (χ1v) is 8.39. The summed E-state index contributed by atoms with van der Waals surface area (Å²) in [6.07, 6.45) is 0.474. The first-order chi connectivity index (χ1) is 8.84. The van der Waals surface area contributed by atoms with Crippen molar-refractivity contribution in [3.63, 3.8) is 0 Å². The SMILES string of the molecule is CNc1nc(N)c(C(=O)N(C)C2CCS(=O)(=O)C2)s1. The molecule has 2 heterocycles. The largest absolute Gasteiger partial charge is 0.382 e. The first kappa shape index (κ1) is 14.1. The fourth-order valence-corrected chi connectivity index (χ4v) is 4.59. The number of hydrogen-bond donors (Lipinski definition) is 2. The van der Waals surface area contributed by atoms with Gasteiger partial charge in [-0.05, 0) is 6.42 Å². The highest BCUT2D eigenvalue weighted by atomic mass is 32.2. The molecule has 0 saturated carbocycles. The molecular formula is C10H16N4O3S2. The second kappa shape index (κ2) is 4.97. The smallest absolute Gasteiger partial charge is 0.267 e. The maximum atomic E-state index is 12.3. The lowest BCUT2D eigenvalue weighted by Gasteiger charge is -2.22. The van der Waals surface area contributed by atoms with E-state index >= 15 is 0 Å². The lowest BCUT2D eigenvalue weighted by molar-refractivity contribution is 0.0753. The van der Waals surface area contributed by atoms with Crippen molar-refractivity contribution < 1.29 is 13.2 Å². The predicted molar refractivity (Wildman–Crippen MR) is 75.2 cm³/mol. The number of rotatable bonds is 3. The van der Waals surface area contributed by atoms with E-state index in [4.69, 9.17) is 5.73 Å². The molecular weight excluding hydrogens is 288 g/mol.